The molecule has 2 rings (SSSR count). The van der Waals surface area contributed by atoms with Crippen molar-refractivity contribution in [1.29, 1.82) is 0 Å². The monoisotopic (exact) mass is 279 g/mol. The minimum absolute atomic E-state index is 0.159. The highest BCUT2D eigenvalue weighted by molar-refractivity contribution is 5.83. The van der Waals surface area contributed by atoms with Crippen molar-refractivity contribution in [3.63, 3.8) is 0 Å². The Kier molecular flexibility index (Phi) is 4.57. The van der Waals surface area contributed by atoms with Gasteiger partial charge >= 0.3 is 6.09 Å². The van der Waals surface area contributed by atoms with Crippen LogP contribution in [0, 0.1) is 0 Å². The van der Waals surface area contributed by atoms with Crippen LogP contribution in [0.4, 0.5) is 10.6 Å². The zero-order valence-electron chi connectivity index (χ0n) is 12.1. The normalized spacial score (nSPS) is 19.4. The van der Waals surface area contributed by atoms with E-state index in [1.54, 1.807) is 12.3 Å². The van der Waals surface area contributed by atoms with Crippen LogP contribution in [-0.2, 0) is 9.47 Å². The summed E-state index contributed by atoms with van der Waals surface area (Å²) in [5, 5.41) is 5.95. The van der Waals surface area contributed by atoms with Crippen molar-refractivity contribution in [1.82, 2.24) is 10.3 Å². The van der Waals surface area contributed by atoms with Crippen molar-refractivity contribution in [3.05, 3.63) is 23.9 Å². The van der Waals surface area contributed by atoms with E-state index < -0.39 is 11.7 Å². The van der Waals surface area contributed by atoms with Gasteiger partial charge in [0.25, 0.3) is 0 Å². The number of amides is 1. The highest BCUT2D eigenvalue weighted by Gasteiger charge is 2.18. The van der Waals surface area contributed by atoms with E-state index in [4.69, 9.17) is 9.47 Å². The van der Waals surface area contributed by atoms with E-state index >= 15 is 0 Å². The second kappa shape index (κ2) is 6.19. The Morgan fingerprint density at radius 3 is 2.85 bits per heavy atom. The van der Waals surface area contributed by atoms with Crippen LogP contribution in [0.1, 0.15) is 32.4 Å². The largest absolute Gasteiger partial charge is 0.444 e. The number of aromatic nitrogens is 1. The van der Waals surface area contributed by atoms with Crippen LogP contribution in [0.5, 0.6) is 0 Å². The maximum Gasteiger partial charge on any atom is 0.413 e. The molecule has 1 aliphatic heterocycles. The van der Waals surface area contributed by atoms with Crippen LogP contribution in [0.2, 0.25) is 0 Å². The summed E-state index contributed by atoms with van der Waals surface area (Å²) >= 11 is 0. The van der Waals surface area contributed by atoms with Gasteiger partial charge in [-0.05, 0) is 32.4 Å². The Morgan fingerprint density at radius 2 is 2.30 bits per heavy atom. The molecular weight excluding hydrogens is 258 g/mol. The van der Waals surface area contributed by atoms with Crippen molar-refractivity contribution in [2.75, 3.05) is 25.1 Å². The van der Waals surface area contributed by atoms with E-state index in [0.29, 0.717) is 12.4 Å². The smallest absolute Gasteiger partial charge is 0.413 e. The summed E-state index contributed by atoms with van der Waals surface area (Å²) in [5.41, 5.74) is 0.521. The lowest BCUT2D eigenvalue weighted by molar-refractivity contribution is 0.0635. The lowest BCUT2D eigenvalue weighted by Gasteiger charge is -2.24. The van der Waals surface area contributed by atoms with Gasteiger partial charge in [0.2, 0.25) is 0 Å². The molecule has 1 atom stereocenters. The standard InChI is InChI=1S/C14H21N3O3/c1-14(2,3)20-13(18)17-12-5-4-10(8-16-12)11-9-19-7-6-15-11/h4-5,8,11,15H,6-7,9H2,1-3H3,(H,16,17,18). The quantitative estimate of drug-likeness (QED) is 0.867. The van der Waals surface area contributed by atoms with Crippen LogP contribution in [0.3, 0.4) is 0 Å². The Balaban J connectivity index is 1.92. The van der Waals surface area contributed by atoms with Crippen molar-refractivity contribution in [3.8, 4) is 0 Å². The molecule has 0 radical (unpaired) electrons. The van der Waals surface area contributed by atoms with Crippen LogP contribution < -0.4 is 10.6 Å². The minimum atomic E-state index is -0.520. The van der Waals surface area contributed by atoms with Crippen LogP contribution in [0.15, 0.2) is 18.3 Å². The Labute approximate surface area is 118 Å². The molecule has 20 heavy (non-hydrogen) atoms. The van der Waals surface area contributed by atoms with Crippen LogP contribution in [0.25, 0.3) is 0 Å². The average Bonchev–Trinajstić information content (AvgIpc) is 2.38. The molecule has 0 saturated carbocycles. The van der Waals surface area contributed by atoms with Gasteiger partial charge in [0, 0.05) is 12.7 Å². The SMILES string of the molecule is CC(C)(C)OC(=O)Nc1ccc(C2COCCN2)cn1. The minimum Gasteiger partial charge on any atom is -0.444 e. The molecule has 1 aromatic heterocycles. The van der Waals surface area contributed by atoms with Crippen molar-refractivity contribution < 1.29 is 14.3 Å². The number of nitrogens with zero attached hydrogens (tertiary/aromatic N) is 1. The van der Waals surface area contributed by atoms with Crippen molar-refractivity contribution in [2.45, 2.75) is 32.4 Å². The fourth-order valence-corrected chi connectivity index (χ4v) is 1.87. The third-order valence-corrected chi connectivity index (χ3v) is 2.74. The number of pyridine rings is 1. The molecule has 2 heterocycles. The predicted octanol–water partition coefficient (Wildman–Crippen LogP) is 2.09. The molecule has 0 spiro atoms. The fourth-order valence-electron chi connectivity index (χ4n) is 1.87. The summed E-state index contributed by atoms with van der Waals surface area (Å²) in [6.45, 7) is 7.67. The fraction of sp³-hybridized carbons (Fsp3) is 0.571. The number of anilines is 1. The third kappa shape index (κ3) is 4.47. The molecule has 6 nitrogen and oxygen atoms in total. The molecule has 0 bridgehead atoms. The topological polar surface area (TPSA) is 72.5 Å². The number of hydrogen-bond donors (Lipinski definition) is 2. The summed E-state index contributed by atoms with van der Waals surface area (Å²) in [4.78, 5) is 15.8. The average molecular weight is 279 g/mol. The van der Waals surface area contributed by atoms with Gasteiger partial charge < -0.3 is 14.8 Å². The lowest BCUT2D eigenvalue weighted by Crippen LogP contribution is -2.34. The second-order valence-electron chi connectivity index (χ2n) is 5.69. The molecule has 1 fully saturated rings. The number of rotatable bonds is 2. The lowest BCUT2D eigenvalue weighted by atomic mass is 10.1. The Hall–Kier alpha value is -1.66. The van der Waals surface area contributed by atoms with Gasteiger partial charge in [0.15, 0.2) is 0 Å². The summed E-state index contributed by atoms with van der Waals surface area (Å²) < 4.78 is 10.6. The van der Waals surface area contributed by atoms with Gasteiger partial charge in [-0.3, -0.25) is 5.32 Å². The number of ether oxygens (including phenoxy) is 2. The Morgan fingerprint density at radius 1 is 1.50 bits per heavy atom. The van der Waals surface area contributed by atoms with Crippen molar-refractivity contribution >= 4 is 11.9 Å². The third-order valence-electron chi connectivity index (χ3n) is 2.74. The molecule has 0 aliphatic carbocycles. The number of carbonyl (C=O) groups is 1. The van der Waals surface area contributed by atoms with E-state index in [9.17, 15) is 4.79 Å². The van der Waals surface area contributed by atoms with Gasteiger partial charge in [-0.15, -0.1) is 0 Å². The number of morpholine rings is 1. The predicted molar refractivity (Wildman–Crippen MR) is 75.7 cm³/mol. The molecule has 110 valence electrons. The second-order valence-corrected chi connectivity index (χ2v) is 5.69. The Bertz CT molecular complexity index is 448. The maximum absolute atomic E-state index is 11.6. The van der Waals surface area contributed by atoms with Gasteiger partial charge in [0.1, 0.15) is 11.4 Å². The first-order valence-electron chi connectivity index (χ1n) is 6.71. The van der Waals surface area contributed by atoms with E-state index in [0.717, 1.165) is 18.7 Å². The molecule has 0 aromatic carbocycles. The summed E-state index contributed by atoms with van der Waals surface area (Å²) in [7, 11) is 0. The maximum atomic E-state index is 11.6. The van der Waals surface area contributed by atoms with Crippen LogP contribution in [-0.4, -0.2) is 36.4 Å². The van der Waals surface area contributed by atoms with E-state index in [1.807, 2.05) is 26.8 Å². The van der Waals surface area contributed by atoms with E-state index in [2.05, 4.69) is 15.6 Å². The molecule has 2 N–H and O–H groups in total. The summed E-state index contributed by atoms with van der Waals surface area (Å²) in [6, 6.07) is 3.84. The molecule has 1 aliphatic rings. The van der Waals surface area contributed by atoms with Gasteiger partial charge in [-0.25, -0.2) is 9.78 Å². The molecule has 1 saturated heterocycles. The number of carbonyl (C=O) groups excluding carboxylic acids is 1. The highest BCUT2D eigenvalue weighted by atomic mass is 16.6. The first-order valence-corrected chi connectivity index (χ1v) is 6.71. The zero-order chi connectivity index (χ0) is 14.6. The first kappa shape index (κ1) is 14.7. The molecule has 1 amide bonds. The number of hydrogen-bond acceptors (Lipinski definition) is 5. The zero-order valence-corrected chi connectivity index (χ0v) is 12.1. The summed E-state index contributed by atoms with van der Waals surface area (Å²) in [5.74, 6) is 0.472. The summed E-state index contributed by atoms with van der Waals surface area (Å²) in [6.07, 6.45) is 1.23. The first-order chi connectivity index (χ1) is 9.44. The highest BCUT2D eigenvalue weighted by Crippen LogP contribution is 2.17. The van der Waals surface area contributed by atoms with Gasteiger partial charge in [0.05, 0.1) is 19.3 Å². The molecule has 1 aromatic rings. The van der Waals surface area contributed by atoms with Crippen molar-refractivity contribution in [2.24, 2.45) is 0 Å². The molecule has 6 heteroatoms. The van der Waals surface area contributed by atoms with E-state index in [-0.39, 0.29) is 6.04 Å². The van der Waals surface area contributed by atoms with Crippen LogP contribution >= 0.6 is 0 Å². The van der Waals surface area contributed by atoms with Gasteiger partial charge in [-0.2, -0.15) is 0 Å². The van der Waals surface area contributed by atoms with E-state index in [1.165, 1.54) is 0 Å². The molecular formula is C14H21N3O3. The van der Waals surface area contributed by atoms with Gasteiger partial charge in [-0.1, -0.05) is 6.07 Å². The molecule has 1 unspecified atom stereocenters. The number of nitrogens with one attached hydrogen (secondary N) is 2.